The summed E-state index contributed by atoms with van der Waals surface area (Å²) in [4.78, 5) is 26.0. The lowest BCUT2D eigenvalue weighted by Crippen LogP contribution is -2.45. The quantitative estimate of drug-likeness (QED) is 0.255. The largest absolute Gasteiger partial charge is 0.480 e. The summed E-state index contributed by atoms with van der Waals surface area (Å²) in [7, 11) is 0. The number of hydrogen-bond donors (Lipinski definition) is 3. The van der Waals surface area contributed by atoms with Gasteiger partial charge in [-0.15, -0.1) is 0 Å². The molecule has 8 nitrogen and oxygen atoms in total. The van der Waals surface area contributed by atoms with Crippen LogP contribution in [0.25, 0.3) is 11.0 Å². The molecule has 0 radical (unpaired) electrons. The molecular weight excluding hydrogens is 536 g/mol. The molecule has 0 aliphatic heterocycles. The summed E-state index contributed by atoms with van der Waals surface area (Å²) in [5.74, 6) is 1.06. The Hall–Kier alpha value is -4.50. The molecule has 2 unspecified atom stereocenters. The molecule has 0 saturated heterocycles. The highest BCUT2D eigenvalue weighted by Crippen LogP contribution is 2.39. The van der Waals surface area contributed by atoms with E-state index in [0.717, 1.165) is 17.5 Å². The van der Waals surface area contributed by atoms with Crippen molar-refractivity contribution >= 4 is 11.0 Å². The molecule has 6 rings (SSSR count). The van der Waals surface area contributed by atoms with E-state index in [4.69, 9.17) is 13.6 Å². The molecule has 0 amide bonds. The van der Waals surface area contributed by atoms with Crippen molar-refractivity contribution in [2.45, 2.75) is 50.1 Å². The second kappa shape index (κ2) is 11.8. The van der Waals surface area contributed by atoms with Gasteiger partial charge in [0, 0.05) is 25.0 Å². The van der Waals surface area contributed by atoms with Crippen molar-refractivity contribution in [1.82, 2.24) is 0 Å². The van der Waals surface area contributed by atoms with Gasteiger partial charge in [-0.1, -0.05) is 60.7 Å². The van der Waals surface area contributed by atoms with Crippen LogP contribution >= 0.6 is 0 Å². The molecule has 8 heteroatoms. The number of aliphatic hydroxyl groups is 3. The normalized spacial score (nSPS) is 19.9. The maximum absolute atomic E-state index is 13.0. The molecule has 2 heterocycles. The number of aliphatic hydroxyl groups excluding tert-OH is 3. The lowest BCUT2D eigenvalue weighted by molar-refractivity contribution is -0.121. The third-order valence-electron chi connectivity index (χ3n) is 7.62. The molecule has 42 heavy (non-hydrogen) atoms. The Morgan fingerprint density at radius 1 is 0.643 bits per heavy atom. The summed E-state index contributed by atoms with van der Waals surface area (Å²) in [6.07, 6.45) is -3.95. The van der Waals surface area contributed by atoms with Gasteiger partial charge >= 0.3 is 0 Å². The monoisotopic (exact) mass is 566 g/mol. The Balaban J connectivity index is 1.28. The molecule has 1 aliphatic rings. The van der Waals surface area contributed by atoms with Crippen LogP contribution in [-0.4, -0.2) is 27.5 Å². The number of rotatable bonds is 8. The second-order valence-corrected chi connectivity index (χ2v) is 10.5. The van der Waals surface area contributed by atoms with Crippen molar-refractivity contribution in [3.8, 4) is 5.75 Å². The molecule has 0 spiro atoms. The predicted octanol–water partition coefficient (Wildman–Crippen LogP) is 4.21. The fourth-order valence-electron chi connectivity index (χ4n) is 5.36. The molecule has 4 atom stereocenters. The number of hydrogen-bond acceptors (Lipinski definition) is 8. The van der Waals surface area contributed by atoms with Crippen molar-refractivity contribution in [1.29, 1.82) is 0 Å². The van der Waals surface area contributed by atoms with Crippen molar-refractivity contribution in [3.05, 3.63) is 145 Å². The molecule has 5 aromatic rings. The maximum Gasteiger partial charge on any atom is 0.193 e. The average Bonchev–Trinajstić information content (AvgIpc) is 3.01. The fourth-order valence-corrected chi connectivity index (χ4v) is 5.36. The average molecular weight is 567 g/mol. The fraction of sp³-hybridized carbons (Fsp3) is 0.235. The van der Waals surface area contributed by atoms with Gasteiger partial charge in [-0.05, 0) is 42.2 Å². The van der Waals surface area contributed by atoms with Gasteiger partial charge in [0.25, 0.3) is 0 Å². The van der Waals surface area contributed by atoms with E-state index in [0.29, 0.717) is 36.4 Å². The van der Waals surface area contributed by atoms with E-state index < -0.39 is 29.8 Å². The van der Waals surface area contributed by atoms with Gasteiger partial charge in [0.05, 0.1) is 10.9 Å². The van der Waals surface area contributed by atoms with Crippen LogP contribution in [0.15, 0.2) is 109 Å². The number of aryl methyl sites for hydroxylation is 4. The molecule has 214 valence electrons. The van der Waals surface area contributed by atoms with Crippen LogP contribution in [0.4, 0.5) is 0 Å². The standard InChI is InChI=1S/C34H30O8/c35-26-18-23(13-11-20-7-3-1-4-8-20)40-28-16-15-22(17-25(26)28)42-34-32(39)31(38)30(37)29-27(36)19-24(41-33(29)34)14-12-21-9-5-2-6-10-21/h1-10,15-19,30-32,34,37-39H,11-14H2/t30?,31-,32-,34?/m1/s1. The summed E-state index contributed by atoms with van der Waals surface area (Å²) in [6.45, 7) is 0. The van der Waals surface area contributed by atoms with E-state index >= 15 is 0 Å². The summed E-state index contributed by atoms with van der Waals surface area (Å²) < 4.78 is 18.1. The molecule has 3 N–H and O–H groups in total. The highest BCUT2D eigenvalue weighted by Gasteiger charge is 2.45. The van der Waals surface area contributed by atoms with E-state index in [1.165, 1.54) is 18.2 Å². The van der Waals surface area contributed by atoms with Crippen molar-refractivity contribution in [3.63, 3.8) is 0 Å². The van der Waals surface area contributed by atoms with Crippen LogP contribution in [0.2, 0.25) is 0 Å². The molecule has 0 bridgehead atoms. The van der Waals surface area contributed by atoms with Crippen LogP contribution < -0.4 is 15.6 Å². The lowest BCUT2D eigenvalue weighted by atomic mass is 9.87. The summed E-state index contributed by atoms with van der Waals surface area (Å²) >= 11 is 0. The zero-order chi connectivity index (χ0) is 29.2. The van der Waals surface area contributed by atoms with Gasteiger partial charge in [-0.3, -0.25) is 9.59 Å². The summed E-state index contributed by atoms with van der Waals surface area (Å²) in [5, 5.41) is 32.3. The van der Waals surface area contributed by atoms with E-state index in [1.807, 2.05) is 60.7 Å². The van der Waals surface area contributed by atoms with Gasteiger partial charge in [0.1, 0.15) is 41.2 Å². The summed E-state index contributed by atoms with van der Waals surface area (Å²) in [5.41, 5.74) is 1.64. The Kier molecular flexibility index (Phi) is 7.75. The minimum atomic E-state index is -1.68. The van der Waals surface area contributed by atoms with E-state index in [2.05, 4.69) is 0 Å². The zero-order valence-electron chi connectivity index (χ0n) is 22.7. The Bertz CT molecular complexity index is 1810. The molecule has 0 saturated carbocycles. The Labute approximate surface area is 241 Å². The first-order valence-electron chi connectivity index (χ1n) is 13.9. The van der Waals surface area contributed by atoms with Crippen LogP contribution in [0.1, 0.15) is 46.2 Å². The van der Waals surface area contributed by atoms with E-state index in [9.17, 15) is 24.9 Å². The van der Waals surface area contributed by atoms with Crippen molar-refractivity contribution in [2.24, 2.45) is 0 Å². The van der Waals surface area contributed by atoms with Crippen molar-refractivity contribution in [2.75, 3.05) is 0 Å². The van der Waals surface area contributed by atoms with E-state index in [1.54, 1.807) is 12.1 Å². The summed E-state index contributed by atoms with van der Waals surface area (Å²) in [6, 6.07) is 27.0. The predicted molar refractivity (Wildman–Crippen MR) is 156 cm³/mol. The number of benzene rings is 3. The third kappa shape index (κ3) is 5.65. The highest BCUT2D eigenvalue weighted by atomic mass is 16.5. The molecular formula is C34H30O8. The highest BCUT2D eigenvalue weighted by molar-refractivity contribution is 5.78. The smallest absolute Gasteiger partial charge is 0.193 e. The van der Waals surface area contributed by atoms with Gasteiger partial charge in [-0.2, -0.15) is 0 Å². The van der Waals surface area contributed by atoms with Crippen LogP contribution in [-0.2, 0) is 25.7 Å². The van der Waals surface area contributed by atoms with Crippen LogP contribution in [0.5, 0.6) is 5.75 Å². The molecule has 2 aromatic heterocycles. The lowest BCUT2D eigenvalue weighted by Gasteiger charge is -2.35. The first-order chi connectivity index (χ1) is 20.4. The first kappa shape index (κ1) is 27.7. The van der Waals surface area contributed by atoms with Gasteiger partial charge in [0.2, 0.25) is 0 Å². The SMILES string of the molecule is O=c1cc(CCc2ccccc2)oc2c1C(O)[C@@H](O)[C@@H](O)C2Oc1ccc2oc(CCc3ccccc3)cc(=O)c2c1. The van der Waals surface area contributed by atoms with Crippen molar-refractivity contribution < 1.29 is 28.9 Å². The van der Waals surface area contributed by atoms with Gasteiger partial charge in [0.15, 0.2) is 22.7 Å². The van der Waals surface area contributed by atoms with Gasteiger partial charge in [-0.25, -0.2) is 0 Å². The molecule has 1 aliphatic carbocycles. The van der Waals surface area contributed by atoms with E-state index in [-0.39, 0.29) is 27.9 Å². The second-order valence-electron chi connectivity index (χ2n) is 10.5. The Morgan fingerprint density at radius 2 is 1.24 bits per heavy atom. The topological polar surface area (TPSA) is 130 Å². The third-order valence-corrected chi connectivity index (χ3v) is 7.62. The first-order valence-corrected chi connectivity index (χ1v) is 13.9. The zero-order valence-corrected chi connectivity index (χ0v) is 22.7. The Morgan fingerprint density at radius 3 is 1.88 bits per heavy atom. The van der Waals surface area contributed by atoms with Crippen LogP contribution in [0, 0.1) is 0 Å². The number of fused-ring (bicyclic) bond motifs is 2. The maximum atomic E-state index is 13.0. The van der Waals surface area contributed by atoms with Crippen LogP contribution in [0.3, 0.4) is 0 Å². The minimum absolute atomic E-state index is 0.0562. The minimum Gasteiger partial charge on any atom is -0.480 e. The number of ether oxygens (including phenoxy) is 1. The van der Waals surface area contributed by atoms with Gasteiger partial charge < -0.3 is 28.9 Å². The molecule has 0 fully saturated rings. The molecule has 3 aromatic carbocycles.